The van der Waals surface area contributed by atoms with Crippen LogP contribution in [0.4, 0.5) is 0 Å². The zero-order valence-electron chi connectivity index (χ0n) is 21.1. The van der Waals surface area contributed by atoms with E-state index in [1.54, 1.807) is 0 Å². The maximum absolute atomic E-state index is 13.4. The van der Waals surface area contributed by atoms with Crippen molar-refractivity contribution in [2.24, 2.45) is 34.5 Å². The Hall–Kier alpha value is -1.84. The van der Waals surface area contributed by atoms with Crippen molar-refractivity contribution in [3.05, 3.63) is 29.8 Å². The molecule has 1 N–H and O–H groups in total. The van der Waals surface area contributed by atoms with Gasteiger partial charge in [0.15, 0.2) is 0 Å². The van der Waals surface area contributed by atoms with Crippen molar-refractivity contribution in [3.8, 4) is 5.75 Å². The Morgan fingerprint density at radius 3 is 2.33 bits per heavy atom. The molecule has 33 heavy (non-hydrogen) atoms. The molecule has 0 bridgehead atoms. The van der Waals surface area contributed by atoms with Crippen LogP contribution in [0.5, 0.6) is 5.75 Å². The van der Waals surface area contributed by atoms with E-state index < -0.39 is 0 Å². The fourth-order valence-electron chi connectivity index (χ4n) is 8.30. The Morgan fingerprint density at radius 1 is 0.939 bits per heavy atom. The maximum Gasteiger partial charge on any atom is 0.314 e. The number of ether oxygens (including phenoxy) is 1. The van der Waals surface area contributed by atoms with Gasteiger partial charge in [0.25, 0.3) is 0 Å². The molecule has 1 aliphatic heterocycles. The first-order valence-electron chi connectivity index (χ1n) is 13.1. The zero-order valence-corrected chi connectivity index (χ0v) is 21.1. The molecule has 4 aliphatic rings. The zero-order chi connectivity index (χ0) is 23.6. The number of esters is 1. The van der Waals surface area contributed by atoms with Gasteiger partial charge in [0.1, 0.15) is 5.75 Å². The third-order valence-corrected chi connectivity index (χ3v) is 10.3. The van der Waals surface area contributed by atoms with Gasteiger partial charge in [-0.2, -0.15) is 0 Å². The molecule has 7 atom stereocenters. The molecule has 3 aliphatic carbocycles. The van der Waals surface area contributed by atoms with Gasteiger partial charge < -0.3 is 10.1 Å². The molecule has 0 spiro atoms. The molecule has 0 aromatic heterocycles. The minimum atomic E-state index is -0.0354. The molecule has 1 aromatic carbocycles. The van der Waals surface area contributed by atoms with E-state index in [9.17, 15) is 9.59 Å². The number of rotatable bonds is 2. The van der Waals surface area contributed by atoms with Gasteiger partial charge in [0.05, 0.1) is 5.92 Å². The predicted octanol–water partition coefficient (Wildman–Crippen LogP) is 6.03. The Bertz CT molecular complexity index is 931. The van der Waals surface area contributed by atoms with Crippen LogP contribution in [0.2, 0.25) is 0 Å². The summed E-state index contributed by atoms with van der Waals surface area (Å²) in [6.07, 6.45) is 8.30. The van der Waals surface area contributed by atoms with Gasteiger partial charge in [-0.05, 0) is 96.6 Å². The summed E-state index contributed by atoms with van der Waals surface area (Å²) in [6, 6.07) is 8.39. The lowest BCUT2D eigenvalue weighted by Gasteiger charge is -2.60. The van der Waals surface area contributed by atoms with Gasteiger partial charge >= 0.3 is 5.97 Å². The average molecular weight is 452 g/mol. The summed E-state index contributed by atoms with van der Waals surface area (Å²) in [5.74, 6) is 2.77. The van der Waals surface area contributed by atoms with Crippen LogP contribution in [0, 0.1) is 34.5 Å². The lowest BCUT2D eigenvalue weighted by Crippen LogP contribution is -2.61. The number of hydrogen-bond donors (Lipinski definition) is 1. The van der Waals surface area contributed by atoms with Gasteiger partial charge in [-0.3, -0.25) is 9.59 Å². The highest BCUT2D eigenvalue weighted by molar-refractivity contribution is 5.77. The third kappa shape index (κ3) is 3.72. The van der Waals surface area contributed by atoms with E-state index in [4.69, 9.17) is 4.74 Å². The first-order valence-corrected chi connectivity index (χ1v) is 13.1. The molecule has 0 radical (unpaired) electrons. The number of carbonyl (C=O) groups excluding carboxylic acids is 2. The summed E-state index contributed by atoms with van der Waals surface area (Å²) in [7, 11) is 0. The van der Waals surface area contributed by atoms with Gasteiger partial charge in [-0.25, -0.2) is 0 Å². The van der Waals surface area contributed by atoms with E-state index in [0.717, 1.165) is 32.1 Å². The van der Waals surface area contributed by atoms with Crippen LogP contribution in [0.25, 0.3) is 0 Å². The molecule has 5 rings (SSSR count). The second-order valence-corrected chi connectivity index (χ2v) is 13.0. The van der Waals surface area contributed by atoms with Crippen LogP contribution < -0.4 is 10.1 Å². The van der Waals surface area contributed by atoms with Crippen molar-refractivity contribution in [2.45, 2.75) is 97.4 Å². The van der Waals surface area contributed by atoms with Crippen LogP contribution in [0.3, 0.4) is 0 Å². The van der Waals surface area contributed by atoms with E-state index in [2.05, 4.69) is 52.1 Å². The standard InChI is InChI=1S/C29H41NO3/c1-27(2,3)18-6-8-19(9-7-18)33-26(32)23-12-11-21-20-10-13-24-29(5,17-15-25(31)30-24)22(20)14-16-28(21,23)4/h6-9,20-24H,10-17H2,1-5H3,(H,30,31)/t20-,21-,22-,23+,24+,28-,29+/m0/s1. The number of carbonyl (C=O) groups is 2. The summed E-state index contributed by atoms with van der Waals surface area (Å²) in [4.78, 5) is 25.4. The summed E-state index contributed by atoms with van der Waals surface area (Å²) in [5.41, 5.74) is 1.58. The molecule has 4 nitrogen and oxygen atoms in total. The number of hydrogen-bond acceptors (Lipinski definition) is 3. The van der Waals surface area contributed by atoms with Gasteiger partial charge in [-0.15, -0.1) is 0 Å². The molecule has 3 saturated carbocycles. The highest BCUT2D eigenvalue weighted by atomic mass is 16.5. The van der Waals surface area contributed by atoms with Gasteiger partial charge in [0, 0.05) is 12.5 Å². The van der Waals surface area contributed by atoms with Crippen LogP contribution in [0.15, 0.2) is 24.3 Å². The second kappa shape index (κ2) is 7.85. The summed E-state index contributed by atoms with van der Waals surface area (Å²) >= 11 is 0. The Balaban J connectivity index is 1.31. The highest BCUT2D eigenvalue weighted by Gasteiger charge is 2.61. The lowest BCUT2D eigenvalue weighted by atomic mass is 9.47. The van der Waals surface area contributed by atoms with E-state index in [0.29, 0.717) is 36.0 Å². The van der Waals surface area contributed by atoms with Gasteiger partial charge in [0.2, 0.25) is 5.91 Å². The average Bonchev–Trinajstić information content (AvgIpc) is 3.11. The molecule has 4 heteroatoms. The highest BCUT2D eigenvalue weighted by Crippen LogP contribution is 2.65. The SMILES string of the molecule is CC(C)(C)c1ccc(OC(=O)[C@H]2CC[C@H]3[C@@H]4CC[C@H]5NC(=O)CC[C@]5(C)[C@H]4CC[C@]23C)cc1. The molecule has 1 aromatic rings. The van der Waals surface area contributed by atoms with Crippen molar-refractivity contribution < 1.29 is 14.3 Å². The van der Waals surface area contributed by atoms with Crippen LogP contribution in [0.1, 0.15) is 91.5 Å². The fourth-order valence-corrected chi connectivity index (χ4v) is 8.30. The van der Waals surface area contributed by atoms with Crippen molar-refractivity contribution in [1.82, 2.24) is 5.32 Å². The van der Waals surface area contributed by atoms with Crippen LogP contribution >= 0.6 is 0 Å². The fraction of sp³-hybridized carbons (Fsp3) is 0.724. The topological polar surface area (TPSA) is 55.4 Å². The smallest absolute Gasteiger partial charge is 0.314 e. The Kier molecular flexibility index (Phi) is 5.45. The minimum Gasteiger partial charge on any atom is -0.426 e. The second-order valence-electron chi connectivity index (χ2n) is 13.0. The lowest BCUT2D eigenvalue weighted by molar-refractivity contribution is -0.150. The number of amides is 1. The molecule has 1 heterocycles. The maximum atomic E-state index is 13.4. The molecular formula is C29H41NO3. The summed E-state index contributed by atoms with van der Waals surface area (Å²) in [5, 5.41) is 3.32. The van der Waals surface area contributed by atoms with Gasteiger partial charge in [-0.1, -0.05) is 46.8 Å². The number of fused-ring (bicyclic) bond motifs is 5. The molecular weight excluding hydrogens is 410 g/mol. The monoisotopic (exact) mass is 451 g/mol. The molecule has 1 saturated heterocycles. The molecule has 180 valence electrons. The van der Waals surface area contributed by atoms with Crippen molar-refractivity contribution in [2.75, 3.05) is 0 Å². The Morgan fingerprint density at radius 2 is 1.64 bits per heavy atom. The largest absolute Gasteiger partial charge is 0.426 e. The van der Waals surface area contributed by atoms with E-state index in [1.165, 1.54) is 18.4 Å². The van der Waals surface area contributed by atoms with Crippen molar-refractivity contribution in [1.29, 1.82) is 0 Å². The third-order valence-electron chi connectivity index (χ3n) is 10.3. The number of nitrogens with one attached hydrogen (secondary N) is 1. The normalized spacial score (nSPS) is 40.3. The predicted molar refractivity (Wildman–Crippen MR) is 130 cm³/mol. The molecule has 0 unspecified atom stereocenters. The number of benzene rings is 1. The summed E-state index contributed by atoms with van der Waals surface area (Å²) in [6.45, 7) is 11.4. The van der Waals surface area contributed by atoms with Crippen molar-refractivity contribution in [3.63, 3.8) is 0 Å². The number of piperidine rings is 1. The molecule has 4 fully saturated rings. The first-order chi connectivity index (χ1) is 15.5. The van der Waals surface area contributed by atoms with Crippen molar-refractivity contribution >= 4 is 11.9 Å². The van der Waals surface area contributed by atoms with Crippen LogP contribution in [-0.4, -0.2) is 17.9 Å². The quantitative estimate of drug-likeness (QED) is 0.441. The Labute approximate surface area is 199 Å². The van der Waals surface area contributed by atoms with Crippen LogP contribution in [-0.2, 0) is 15.0 Å². The van der Waals surface area contributed by atoms with E-state index >= 15 is 0 Å². The minimum absolute atomic E-state index is 0.0117. The van der Waals surface area contributed by atoms with E-state index in [1.807, 2.05) is 12.1 Å². The molecule has 1 amide bonds. The first kappa shape index (κ1) is 22.9. The van der Waals surface area contributed by atoms with E-state index in [-0.39, 0.29) is 34.0 Å². The summed E-state index contributed by atoms with van der Waals surface area (Å²) < 4.78 is 5.95.